The molecule has 0 fully saturated rings. The zero-order chi connectivity index (χ0) is 18.4. The molecule has 7 nitrogen and oxygen atoms in total. The number of fused-ring (bicyclic) bond motifs is 5. The van der Waals surface area contributed by atoms with E-state index in [1.165, 1.54) is 0 Å². The summed E-state index contributed by atoms with van der Waals surface area (Å²) < 4.78 is 1.94. The van der Waals surface area contributed by atoms with Gasteiger partial charge in [-0.2, -0.15) is 0 Å². The molecular formula is C20H13N5O2. The highest BCUT2D eigenvalue weighted by Crippen LogP contribution is 2.38. The Morgan fingerprint density at radius 3 is 2.52 bits per heavy atom. The van der Waals surface area contributed by atoms with Crippen molar-refractivity contribution < 1.29 is 9.90 Å². The predicted molar refractivity (Wildman–Crippen MR) is 100 cm³/mol. The number of carboxylic acid groups (broad SMARTS) is 1. The van der Waals surface area contributed by atoms with Gasteiger partial charge in [0.2, 0.25) is 0 Å². The van der Waals surface area contributed by atoms with Crippen LogP contribution in [0.15, 0.2) is 66.9 Å². The molecule has 0 aliphatic carbocycles. The maximum Gasteiger partial charge on any atom is 0.335 e. The lowest BCUT2D eigenvalue weighted by molar-refractivity contribution is 0.0697. The molecule has 5 rings (SSSR count). The molecule has 0 saturated heterocycles. The molecule has 2 N–H and O–H groups in total. The highest BCUT2D eigenvalue weighted by Gasteiger charge is 2.24. The Labute approximate surface area is 154 Å². The fourth-order valence-electron chi connectivity index (χ4n) is 3.22. The summed E-state index contributed by atoms with van der Waals surface area (Å²) in [4.78, 5) is 15.6. The summed E-state index contributed by atoms with van der Waals surface area (Å²) in [5.41, 5.74) is 3.63. The number of para-hydroxylation sites is 1. The number of pyridine rings is 1. The zero-order valence-electron chi connectivity index (χ0n) is 14.0. The number of anilines is 2. The number of nitrogens with one attached hydrogen (secondary N) is 1. The van der Waals surface area contributed by atoms with Crippen LogP contribution in [0.1, 0.15) is 10.4 Å². The van der Waals surface area contributed by atoms with Gasteiger partial charge in [-0.1, -0.05) is 24.3 Å². The maximum atomic E-state index is 11.1. The van der Waals surface area contributed by atoms with Crippen molar-refractivity contribution in [2.24, 2.45) is 0 Å². The van der Waals surface area contributed by atoms with E-state index in [4.69, 9.17) is 5.11 Å². The number of carbonyl (C=O) groups is 1. The third-order valence-corrected chi connectivity index (χ3v) is 4.50. The average molecular weight is 355 g/mol. The normalized spacial score (nSPS) is 11.6. The molecule has 0 bridgehead atoms. The van der Waals surface area contributed by atoms with E-state index in [9.17, 15) is 4.79 Å². The highest BCUT2D eigenvalue weighted by atomic mass is 16.4. The highest BCUT2D eigenvalue weighted by molar-refractivity contribution is 5.88. The van der Waals surface area contributed by atoms with Gasteiger partial charge in [-0.25, -0.2) is 9.78 Å². The first-order chi connectivity index (χ1) is 13.2. The number of aromatic carboxylic acids is 1. The molecule has 2 aromatic heterocycles. The minimum absolute atomic E-state index is 0.225. The molecule has 7 heteroatoms. The first-order valence-corrected chi connectivity index (χ1v) is 8.33. The van der Waals surface area contributed by atoms with Gasteiger partial charge in [0.25, 0.3) is 0 Å². The summed E-state index contributed by atoms with van der Waals surface area (Å²) in [6.45, 7) is 0. The Kier molecular flexibility index (Phi) is 3.26. The second-order valence-electron chi connectivity index (χ2n) is 6.11. The average Bonchev–Trinajstić information content (AvgIpc) is 3.08. The molecule has 0 unspecified atom stereocenters. The van der Waals surface area contributed by atoms with Gasteiger partial charge in [0.05, 0.1) is 16.9 Å². The van der Waals surface area contributed by atoms with Crippen molar-refractivity contribution in [3.63, 3.8) is 0 Å². The second kappa shape index (κ2) is 5.77. The van der Waals surface area contributed by atoms with Crippen LogP contribution in [0.3, 0.4) is 0 Å². The topological polar surface area (TPSA) is 92.9 Å². The van der Waals surface area contributed by atoms with Gasteiger partial charge < -0.3 is 10.4 Å². The molecule has 130 valence electrons. The van der Waals surface area contributed by atoms with Crippen LogP contribution in [0.2, 0.25) is 0 Å². The largest absolute Gasteiger partial charge is 0.478 e. The van der Waals surface area contributed by atoms with Crippen LogP contribution in [0, 0.1) is 0 Å². The quantitative estimate of drug-likeness (QED) is 0.501. The summed E-state index contributed by atoms with van der Waals surface area (Å²) in [6, 6.07) is 18.3. The van der Waals surface area contributed by atoms with Crippen LogP contribution in [0.25, 0.3) is 28.5 Å². The molecule has 0 amide bonds. The van der Waals surface area contributed by atoms with E-state index in [2.05, 4.69) is 20.5 Å². The Morgan fingerprint density at radius 2 is 1.70 bits per heavy atom. The van der Waals surface area contributed by atoms with E-state index in [1.807, 2.05) is 41.0 Å². The van der Waals surface area contributed by atoms with Crippen molar-refractivity contribution in [3.05, 3.63) is 72.4 Å². The van der Waals surface area contributed by atoms with Crippen LogP contribution < -0.4 is 5.32 Å². The van der Waals surface area contributed by atoms with Gasteiger partial charge >= 0.3 is 5.97 Å². The van der Waals surface area contributed by atoms with E-state index < -0.39 is 5.97 Å². The molecule has 0 atom stereocenters. The Hall–Kier alpha value is -4.00. The fraction of sp³-hybridized carbons (Fsp3) is 0. The smallest absolute Gasteiger partial charge is 0.335 e. The first kappa shape index (κ1) is 15.3. The van der Waals surface area contributed by atoms with Crippen LogP contribution in [0.4, 0.5) is 11.5 Å². The molecule has 4 aromatic rings. The van der Waals surface area contributed by atoms with Gasteiger partial charge in [-0.3, -0.25) is 4.57 Å². The first-order valence-electron chi connectivity index (χ1n) is 8.33. The molecule has 0 spiro atoms. The summed E-state index contributed by atoms with van der Waals surface area (Å²) in [5, 5.41) is 21.3. The van der Waals surface area contributed by atoms with Crippen molar-refractivity contribution in [2.45, 2.75) is 0 Å². The van der Waals surface area contributed by atoms with Crippen molar-refractivity contribution in [1.29, 1.82) is 0 Å². The van der Waals surface area contributed by atoms with Gasteiger partial charge in [-0.15, -0.1) is 10.2 Å². The van der Waals surface area contributed by atoms with E-state index in [0.717, 1.165) is 22.5 Å². The van der Waals surface area contributed by atoms with Crippen molar-refractivity contribution in [3.8, 4) is 28.5 Å². The van der Waals surface area contributed by atoms with Crippen molar-refractivity contribution in [2.75, 3.05) is 5.32 Å². The molecule has 27 heavy (non-hydrogen) atoms. The van der Waals surface area contributed by atoms with E-state index in [0.29, 0.717) is 17.5 Å². The number of nitrogens with zero attached hydrogens (tertiary/aromatic N) is 4. The Bertz CT molecular complexity index is 1180. The van der Waals surface area contributed by atoms with Gasteiger partial charge in [-0.05, 0) is 36.4 Å². The lowest BCUT2D eigenvalue weighted by Gasteiger charge is -2.11. The van der Waals surface area contributed by atoms with E-state index in [1.54, 1.807) is 30.5 Å². The summed E-state index contributed by atoms with van der Waals surface area (Å²) in [5.74, 6) is 1.05. The van der Waals surface area contributed by atoms with Gasteiger partial charge in [0.15, 0.2) is 17.5 Å². The molecule has 1 aliphatic heterocycles. The number of carboxylic acids is 1. The standard InChI is InChI=1S/C20H13N5O2/c26-20(27)13-9-7-12(8-10-13)18-23-24-19-14-4-1-2-5-15(14)22-17-16(25(18)19)6-3-11-21-17/h1-11H,(H,21,22)(H,26,27). The minimum Gasteiger partial charge on any atom is -0.478 e. The molecule has 2 aromatic carbocycles. The number of hydrogen-bond donors (Lipinski definition) is 2. The third kappa shape index (κ3) is 2.36. The van der Waals surface area contributed by atoms with Crippen LogP contribution in [-0.4, -0.2) is 30.8 Å². The fourth-order valence-corrected chi connectivity index (χ4v) is 3.22. The molecular weight excluding hydrogens is 342 g/mol. The molecule has 3 heterocycles. The van der Waals surface area contributed by atoms with Crippen LogP contribution in [-0.2, 0) is 0 Å². The van der Waals surface area contributed by atoms with Crippen molar-refractivity contribution >= 4 is 17.5 Å². The van der Waals surface area contributed by atoms with Gasteiger partial charge in [0.1, 0.15) is 0 Å². The van der Waals surface area contributed by atoms with Crippen molar-refractivity contribution in [1.82, 2.24) is 19.7 Å². The SMILES string of the molecule is O=C(O)c1ccc(-c2nnc3n2-c2cccnc2Nc2ccccc2-3)cc1. The second-order valence-corrected chi connectivity index (χ2v) is 6.11. The molecule has 0 saturated carbocycles. The van der Waals surface area contributed by atoms with E-state index >= 15 is 0 Å². The summed E-state index contributed by atoms with van der Waals surface area (Å²) >= 11 is 0. The monoisotopic (exact) mass is 355 g/mol. The maximum absolute atomic E-state index is 11.1. The van der Waals surface area contributed by atoms with Crippen LogP contribution >= 0.6 is 0 Å². The molecule has 1 aliphatic rings. The Balaban J connectivity index is 1.78. The minimum atomic E-state index is -0.964. The summed E-state index contributed by atoms with van der Waals surface area (Å²) in [6.07, 6.45) is 1.73. The molecule has 0 radical (unpaired) electrons. The lowest BCUT2D eigenvalue weighted by atomic mass is 10.1. The zero-order valence-corrected chi connectivity index (χ0v) is 14.0. The number of rotatable bonds is 2. The van der Waals surface area contributed by atoms with Crippen LogP contribution in [0.5, 0.6) is 0 Å². The van der Waals surface area contributed by atoms with Gasteiger partial charge in [0, 0.05) is 17.3 Å². The lowest BCUT2D eigenvalue weighted by Crippen LogP contribution is -2.02. The van der Waals surface area contributed by atoms with E-state index in [-0.39, 0.29) is 5.56 Å². The predicted octanol–water partition coefficient (Wildman–Crippen LogP) is 3.75. The summed E-state index contributed by atoms with van der Waals surface area (Å²) in [7, 11) is 0. The number of hydrogen-bond acceptors (Lipinski definition) is 5. The third-order valence-electron chi connectivity index (χ3n) is 4.50. The number of aromatic nitrogens is 4. The number of benzene rings is 2. The Morgan fingerprint density at radius 1 is 0.926 bits per heavy atom.